The molecule has 1 heterocycles. The second-order valence-electron chi connectivity index (χ2n) is 7.59. The predicted molar refractivity (Wildman–Crippen MR) is 113 cm³/mol. The third-order valence-corrected chi connectivity index (χ3v) is 5.42. The van der Waals surface area contributed by atoms with Gasteiger partial charge in [-0.15, -0.1) is 0 Å². The van der Waals surface area contributed by atoms with Gasteiger partial charge in [0.05, 0.1) is 16.8 Å². The Bertz CT molecular complexity index is 884. The first-order valence-electron chi connectivity index (χ1n) is 10.0. The summed E-state index contributed by atoms with van der Waals surface area (Å²) in [4.78, 5) is 4.26. The van der Waals surface area contributed by atoms with Gasteiger partial charge in [0, 0.05) is 30.5 Å². The maximum Gasteiger partial charge on any atom is 0.416 e. The third kappa shape index (κ3) is 6.80. The number of benzene rings is 1. The molecule has 3 N–H and O–H groups in total. The van der Waals surface area contributed by atoms with Gasteiger partial charge in [-0.05, 0) is 55.4 Å². The molecule has 2 atom stereocenters. The van der Waals surface area contributed by atoms with E-state index in [1.54, 1.807) is 6.20 Å². The van der Waals surface area contributed by atoms with Crippen LogP contribution in [0, 0.1) is 0 Å². The second kappa shape index (κ2) is 10.0. The fraction of sp³-hybridized carbons (Fsp3) is 0.429. The molecule has 174 valence electrons. The van der Waals surface area contributed by atoms with Crippen LogP contribution in [-0.4, -0.2) is 22.2 Å². The maximum atomic E-state index is 13.1. The topological polar surface area (TPSA) is 49.0 Å². The van der Waals surface area contributed by atoms with Crippen LogP contribution in [0.3, 0.4) is 0 Å². The summed E-state index contributed by atoms with van der Waals surface area (Å²) in [5.74, 6) is 0. The highest BCUT2D eigenvalue weighted by Crippen LogP contribution is 2.37. The van der Waals surface area contributed by atoms with E-state index in [0.717, 1.165) is 31.4 Å². The van der Waals surface area contributed by atoms with E-state index >= 15 is 0 Å². The number of anilines is 1. The quantitative estimate of drug-likeness (QED) is 0.393. The standard InChI is InChI=1S/C21H22F6N4S/c22-20(23,24)13-9-14(21(25,26)27)11-16(10-13)30-19(32)31-18-7-2-1-6-17(18)29-12-15-5-3-4-8-28-15/h3-5,8-11,17-18,29H,1-2,6-7,12H2,(H2,30,31,32)/t17-,18-/m1/s1. The van der Waals surface area contributed by atoms with E-state index in [4.69, 9.17) is 12.2 Å². The van der Waals surface area contributed by atoms with E-state index in [2.05, 4.69) is 20.9 Å². The van der Waals surface area contributed by atoms with E-state index in [-0.39, 0.29) is 28.9 Å². The van der Waals surface area contributed by atoms with Crippen molar-refractivity contribution >= 4 is 23.0 Å². The molecule has 0 spiro atoms. The Labute approximate surface area is 186 Å². The maximum absolute atomic E-state index is 13.1. The Morgan fingerprint density at radius 3 is 2.12 bits per heavy atom. The van der Waals surface area contributed by atoms with E-state index in [1.165, 1.54) is 0 Å². The highest BCUT2D eigenvalue weighted by atomic mass is 32.1. The molecule has 0 unspecified atom stereocenters. The number of hydrogen-bond acceptors (Lipinski definition) is 3. The summed E-state index contributed by atoms with van der Waals surface area (Å²) in [6.07, 6.45) is -4.60. The zero-order valence-corrected chi connectivity index (χ0v) is 17.7. The number of thiocarbonyl (C=S) groups is 1. The first-order valence-corrected chi connectivity index (χ1v) is 10.4. The first kappa shape index (κ1) is 24.2. The molecule has 4 nitrogen and oxygen atoms in total. The Morgan fingerprint density at radius 1 is 0.938 bits per heavy atom. The molecular weight excluding hydrogens is 454 g/mol. The summed E-state index contributed by atoms with van der Waals surface area (Å²) >= 11 is 5.20. The molecule has 0 saturated heterocycles. The molecule has 0 amide bonds. The Kier molecular flexibility index (Phi) is 7.60. The average molecular weight is 476 g/mol. The summed E-state index contributed by atoms with van der Waals surface area (Å²) in [6, 6.07) is 6.79. The van der Waals surface area contributed by atoms with Gasteiger partial charge in [-0.2, -0.15) is 26.3 Å². The monoisotopic (exact) mass is 476 g/mol. The van der Waals surface area contributed by atoms with Crippen molar-refractivity contribution in [2.24, 2.45) is 0 Å². The van der Waals surface area contributed by atoms with Crippen LogP contribution in [0.15, 0.2) is 42.6 Å². The van der Waals surface area contributed by atoms with Crippen LogP contribution in [0.25, 0.3) is 0 Å². The molecule has 1 aromatic carbocycles. The highest BCUT2D eigenvalue weighted by Gasteiger charge is 2.37. The van der Waals surface area contributed by atoms with Gasteiger partial charge in [-0.1, -0.05) is 18.9 Å². The lowest BCUT2D eigenvalue weighted by Gasteiger charge is -2.33. The van der Waals surface area contributed by atoms with Crippen LogP contribution in [0.5, 0.6) is 0 Å². The lowest BCUT2D eigenvalue weighted by Crippen LogP contribution is -2.52. The third-order valence-electron chi connectivity index (χ3n) is 5.20. The molecule has 3 rings (SSSR count). The zero-order valence-electron chi connectivity index (χ0n) is 16.9. The molecule has 1 saturated carbocycles. The molecule has 1 aromatic heterocycles. The second-order valence-corrected chi connectivity index (χ2v) is 8.00. The predicted octanol–water partition coefficient (Wildman–Crippen LogP) is 5.51. The van der Waals surface area contributed by atoms with Crippen molar-refractivity contribution in [2.45, 2.75) is 56.7 Å². The summed E-state index contributed by atoms with van der Waals surface area (Å²) < 4.78 is 78.4. The molecule has 1 aliphatic carbocycles. The summed E-state index contributed by atoms with van der Waals surface area (Å²) in [7, 11) is 0. The Balaban J connectivity index is 1.68. The van der Waals surface area contributed by atoms with Gasteiger partial charge >= 0.3 is 12.4 Å². The number of halogens is 6. The fourth-order valence-electron chi connectivity index (χ4n) is 3.65. The number of alkyl halides is 6. The Hall–Kier alpha value is -2.40. The molecule has 32 heavy (non-hydrogen) atoms. The van der Waals surface area contributed by atoms with E-state index in [0.29, 0.717) is 18.7 Å². The minimum absolute atomic E-state index is 0.0257. The van der Waals surface area contributed by atoms with Gasteiger partial charge in [0.1, 0.15) is 0 Å². The molecular formula is C21H22F6N4S. The van der Waals surface area contributed by atoms with Crippen LogP contribution < -0.4 is 16.0 Å². The normalized spacial score (nSPS) is 19.4. The van der Waals surface area contributed by atoms with E-state index in [9.17, 15) is 26.3 Å². The van der Waals surface area contributed by atoms with Crippen molar-refractivity contribution in [1.82, 2.24) is 15.6 Å². The molecule has 1 fully saturated rings. The summed E-state index contributed by atoms with van der Waals surface area (Å²) in [6.45, 7) is 0.534. The summed E-state index contributed by atoms with van der Waals surface area (Å²) in [5.41, 5.74) is -2.31. The van der Waals surface area contributed by atoms with Gasteiger partial charge in [-0.3, -0.25) is 4.98 Å². The molecule has 0 aliphatic heterocycles. The lowest BCUT2D eigenvalue weighted by atomic mass is 9.90. The molecule has 0 radical (unpaired) electrons. The van der Waals surface area contributed by atoms with Crippen molar-refractivity contribution < 1.29 is 26.3 Å². The first-order chi connectivity index (χ1) is 15.0. The highest BCUT2D eigenvalue weighted by molar-refractivity contribution is 7.80. The Morgan fingerprint density at radius 2 is 1.56 bits per heavy atom. The lowest BCUT2D eigenvalue weighted by molar-refractivity contribution is -0.143. The largest absolute Gasteiger partial charge is 0.416 e. The number of hydrogen-bond donors (Lipinski definition) is 3. The van der Waals surface area contributed by atoms with Gasteiger partial charge < -0.3 is 16.0 Å². The fourth-order valence-corrected chi connectivity index (χ4v) is 3.92. The van der Waals surface area contributed by atoms with Crippen LogP contribution in [0.1, 0.15) is 42.5 Å². The van der Waals surface area contributed by atoms with Crippen molar-refractivity contribution in [3.05, 3.63) is 59.4 Å². The van der Waals surface area contributed by atoms with Gasteiger partial charge in [0.15, 0.2) is 5.11 Å². The number of nitrogens with zero attached hydrogens (tertiary/aromatic N) is 1. The smallest absolute Gasteiger partial charge is 0.358 e. The van der Waals surface area contributed by atoms with Crippen molar-refractivity contribution in [3.8, 4) is 0 Å². The number of pyridine rings is 1. The van der Waals surface area contributed by atoms with Crippen molar-refractivity contribution in [3.63, 3.8) is 0 Å². The zero-order chi connectivity index (χ0) is 23.4. The van der Waals surface area contributed by atoms with E-state index in [1.807, 2.05) is 18.2 Å². The summed E-state index contributed by atoms with van der Waals surface area (Å²) in [5, 5.41) is 8.91. The van der Waals surface area contributed by atoms with Gasteiger partial charge in [-0.25, -0.2) is 0 Å². The molecule has 2 aromatic rings. The number of rotatable bonds is 5. The van der Waals surface area contributed by atoms with Crippen LogP contribution in [-0.2, 0) is 18.9 Å². The van der Waals surface area contributed by atoms with Crippen molar-refractivity contribution in [1.29, 1.82) is 0 Å². The van der Waals surface area contributed by atoms with Crippen LogP contribution >= 0.6 is 12.2 Å². The average Bonchev–Trinajstić information content (AvgIpc) is 2.72. The molecule has 11 heteroatoms. The minimum Gasteiger partial charge on any atom is -0.358 e. The van der Waals surface area contributed by atoms with Crippen molar-refractivity contribution in [2.75, 3.05) is 5.32 Å². The molecule has 0 bridgehead atoms. The number of nitrogens with one attached hydrogen (secondary N) is 3. The minimum atomic E-state index is -4.92. The molecule has 1 aliphatic rings. The van der Waals surface area contributed by atoms with Crippen LogP contribution in [0.2, 0.25) is 0 Å². The van der Waals surface area contributed by atoms with Crippen LogP contribution in [0.4, 0.5) is 32.0 Å². The van der Waals surface area contributed by atoms with Gasteiger partial charge in [0.25, 0.3) is 0 Å². The van der Waals surface area contributed by atoms with E-state index < -0.39 is 23.5 Å². The number of aromatic nitrogens is 1. The SMILES string of the molecule is FC(F)(F)c1cc(NC(=S)N[C@@H]2CCCC[C@H]2NCc2ccccn2)cc(C(F)(F)F)c1. The van der Waals surface area contributed by atoms with Gasteiger partial charge in [0.2, 0.25) is 0 Å².